The van der Waals surface area contributed by atoms with Gasteiger partial charge >= 0.3 is 0 Å². The standard InChI is InChI=1S/C16H18F2N2/c1-3-19-11-12-8-13(17)10-14(9-12)20(2)16-7-5-4-6-15(16)18/h4-10,19H,3,11H2,1-2H3. The number of benzene rings is 2. The van der Waals surface area contributed by atoms with E-state index < -0.39 is 0 Å². The molecule has 20 heavy (non-hydrogen) atoms. The molecule has 4 heteroatoms. The summed E-state index contributed by atoms with van der Waals surface area (Å²) in [5, 5.41) is 3.15. The molecule has 0 atom stereocenters. The summed E-state index contributed by atoms with van der Waals surface area (Å²) >= 11 is 0. The van der Waals surface area contributed by atoms with Crippen LogP contribution in [0.2, 0.25) is 0 Å². The van der Waals surface area contributed by atoms with Gasteiger partial charge in [-0.2, -0.15) is 0 Å². The molecule has 2 aromatic rings. The molecule has 2 aromatic carbocycles. The van der Waals surface area contributed by atoms with Crippen LogP contribution in [0.25, 0.3) is 0 Å². The molecule has 0 aliphatic carbocycles. The minimum absolute atomic E-state index is 0.321. The third kappa shape index (κ3) is 3.33. The highest BCUT2D eigenvalue weighted by molar-refractivity contribution is 5.63. The van der Waals surface area contributed by atoms with E-state index in [0.717, 1.165) is 12.1 Å². The molecular formula is C16H18F2N2. The summed E-state index contributed by atoms with van der Waals surface area (Å²) < 4.78 is 27.5. The van der Waals surface area contributed by atoms with E-state index in [4.69, 9.17) is 0 Å². The lowest BCUT2D eigenvalue weighted by Gasteiger charge is -2.21. The molecule has 0 spiro atoms. The van der Waals surface area contributed by atoms with Gasteiger partial charge < -0.3 is 10.2 Å². The van der Waals surface area contributed by atoms with Crippen molar-refractivity contribution in [2.24, 2.45) is 0 Å². The number of hydrogen-bond acceptors (Lipinski definition) is 2. The minimum atomic E-state index is -0.326. The molecule has 2 rings (SSSR count). The summed E-state index contributed by atoms with van der Waals surface area (Å²) in [5.74, 6) is -0.647. The van der Waals surface area contributed by atoms with Crippen molar-refractivity contribution in [2.45, 2.75) is 13.5 Å². The van der Waals surface area contributed by atoms with Crippen LogP contribution in [0, 0.1) is 11.6 Å². The summed E-state index contributed by atoms with van der Waals surface area (Å²) in [6, 6.07) is 11.2. The monoisotopic (exact) mass is 276 g/mol. The lowest BCUT2D eigenvalue weighted by Crippen LogP contribution is -2.14. The summed E-state index contributed by atoms with van der Waals surface area (Å²) in [6.45, 7) is 3.40. The third-order valence-electron chi connectivity index (χ3n) is 3.12. The molecule has 2 nitrogen and oxygen atoms in total. The van der Waals surface area contributed by atoms with Crippen LogP contribution in [0.1, 0.15) is 12.5 Å². The normalized spacial score (nSPS) is 10.6. The summed E-state index contributed by atoms with van der Waals surface area (Å²) in [6.07, 6.45) is 0. The van der Waals surface area contributed by atoms with Crippen LogP contribution in [0.4, 0.5) is 20.2 Å². The number of nitrogens with one attached hydrogen (secondary N) is 1. The Morgan fingerprint density at radius 2 is 1.85 bits per heavy atom. The zero-order valence-electron chi connectivity index (χ0n) is 11.7. The first kappa shape index (κ1) is 14.5. The predicted molar refractivity (Wildman–Crippen MR) is 78.2 cm³/mol. The first-order valence-corrected chi connectivity index (χ1v) is 6.60. The highest BCUT2D eigenvalue weighted by Gasteiger charge is 2.10. The maximum absolute atomic E-state index is 13.8. The van der Waals surface area contributed by atoms with E-state index in [2.05, 4.69) is 5.32 Å². The first-order valence-electron chi connectivity index (χ1n) is 6.60. The van der Waals surface area contributed by atoms with Gasteiger partial charge in [-0.1, -0.05) is 19.1 Å². The zero-order valence-corrected chi connectivity index (χ0v) is 11.7. The SMILES string of the molecule is CCNCc1cc(F)cc(N(C)c2ccccc2F)c1. The van der Waals surface area contributed by atoms with Crippen LogP contribution in [0.15, 0.2) is 42.5 Å². The van der Waals surface area contributed by atoms with E-state index in [0.29, 0.717) is 17.9 Å². The number of para-hydroxylation sites is 1. The van der Waals surface area contributed by atoms with Crippen LogP contribution >= 0.6 is 0 Å². The fourth-order valence-corrected chi connectivity index (χ4v) is 2.06. The second-order valence-electron chi connectivity index (χ2n) is 4.61. The van der Waals surface area contributed by atoms with Crippen LogP contribution in [0.5, 0.6) is 0 Å². The molecule has 0 saturated carbocycles. The molecule has 0 unspecified atom stereocenters. The Morgan fingerprint density at radius 3 is 2.55 bits per heavy atom. The van der Waals surface area contributed by atoms with Crippen LogP contribution in [-0.2, 0) is 6.54 Å². The van der Waals surface area contributed by atoms with Crippen LogP contribution in [0.3, 0.4) is 0 Å². The van der Waals surface area contributed by atoms with Crippen molar-refractivity contribution in [1.29, 1.82) is 0 Å². The Labute approximate surface area is 118 Å². The molecule has 1 N–H and O–H groups in total. The van der Waals surface area contributed by atoms with E-state index in [1.807, 2.05) is 13.0 Å². The topological polar surface area (TPSA) is 15.3 Å². The number of nitrogens with zero attached hydrogens (tertiary/aromatic N) is 1. The van der Waals surface area contributed by atoms with Crippen molar-refractivity contribution < 1.29 is 8.78 Å². The van der Waals surface area contributed by atoms with Gasteiger partial charge in [-0.05, 0) is 42.4 Å². The second-order valence-corrected chi connectivity index (χ2v) is 4.61. The molecule has 0 bridgehead atoms. The Morgan fingerprint density at radius 1 is 1.10 bits per heavy atom. The number of hydrogen-bond donors (Lipinski definition) is 1. The van der Waals surface area contributed by atoms with Crippen molar-refractivity contribution in [2.75, 3.05) is 18.5 Å². The number of rotatable bonds is 5. The molecule has 0 saturated heterocycles. The van der Waals surface area contributed by atoms with Gasteiger partial charge in [0, 0.05) is 19.3 Å². The maximum Gasteiger partial charge on any atom is 0.146 e. The zero-order chi connectivity index (χ0) is 14.5. The molecular weight excluding hydrogens is 258 g/mol. The largest absolute Gasteiger partial charge is 0.342 e. The predicted octanol–water partition coefficient (Wildman–Crippen LogP) is 3.84. The molecule has 0 amide bonds. The van der Waals surface area contributed by atoms with E-state index in [1.165, 1.54) is 18.2 Å². The highest BCUT2D eigenvalue weighted by Crippen LogP contribution is 2.27. The third-order valence-corrected chi connectivity index (χ3v) is 3.12. The molecule has 0 aromatic heterocycles. The van der Waals surface area contributed by atoms with Gasteiger partial charge in [0.25, 0.3) is 0 Å². The van der Waals surface area contributed by atoms with Gasteiger partial charge in [-0.3, -0.25) is 0 Å². The lowest BCUT2D eigenvalue weighted by molar-refractivity contribution is 0.619. The summed E-state index contributed by atoms with van der Waals surface area (Å²) in [5.41, 5.74) is 1.89. The Bertz CT molecular complexity index is 584. The van der Waals surface area contributed by atoms with Gasteiger partial charge in [0.2, 0.25) is 0 Å². The van der Waals surface area contributed by atoms with Gasteiger partial charge in [0.1, 0.15) is 11.6 Å². The smallest absolute Gasteiger partial charge is 0.146 e. The van der Waals surface area contributed by atoms with Gasteiger partial charge in [0.15, 0.2) is 0 Å². The van der Waals surface area contributed by atoms with E-state index in [1.54, 1.807) is 30.1 Å². The molecule has 0 aliphatic heterocycles. The number of anilines is 2. The lowest BCUT2D eigenvalue weighted by atomic mass is 10.1. The minimum Gasteiger partial charge on any atom is -0.342 e. The average Bonchev–Trinajstić information content (AvgIpc) is 2.44. The molecule has 106 valence electrons. The van der Waals surface area contributed by atoms with E-state index in [-0.39, 0.29) is 11.6 Å². The quantitative estimate of drug-likeness (QED) is 0.892. The molecule has 0 heterocycles. The first-order chi connectivity index (χ1) is 9.61. The summed E-state index contributed by atoms with van der Waals surface area (Å²) in [7, 11) is 1.73. The van der Waals surface area contributed by atoms with Crippen LogP contribution in [-0.4, -0.2) is 13.6 Å². The Hall–Kier alpha value is -1.94. The van der Waals surface area contributed by atoms with E-state index >= 15 is 0 Å². The van der Waals surface area contributed by atoms with Gasteiger partial charge in [0.05, 0.1) is 5.69 Å². The van der Waals surface area contributed by atoms with E-state index in [9.17, 15) is 8.78 Å². The van der Waals surface area contributed by atoms with Crippen molar-refractivity contribution in [1.82, 2.24) is 5.32 Å². The summed E-state index contributed by atoms with van der Waals surface area (Å²) in [4.78, 5) is 1.65. The maximum atomic E-state index is 13.8. The molecule has 0 aliphatic rings. The Kier molecular flexibility index (Phi) is 4.69. The van der Waals surface area contributed by atoms with Crippen molar-refractivity contribution >= 4 is 11.4 Å². The van der Waals surface area contributed by atoms with Crippen LogP contribution < -0.4 is 10.2 Å². The van der Waals surface area contributed by atoms with Crippen molar-refractivity contribution in [3.05, 3.63) is 59.7 Å². The van der Waals surface area contributed by atoms with Crippen molar-refractivity contribution in [3.8, 4) is 0 Å². The second kappa shape index (κ2) is 6.48. The average molecular weight is 276 g/mol. The fraction of sp³-hybridized carbons (Fsp3) is 0.250. The fourth-order valence-electron chi connectivity index (χ4n) is 2.06. The molecule has 0 radical (unpaired) electrons. The number of halogens is 2. The van der Waals surface area contributed by atoms with Crippen molar-refractivity contribution in [3.63, 3.8) is 0 Å². The highest BCUT2D eigenvalue weighted by atomic mass is 19.1. The Balaban J connectivity index is 2.32. The van der Waals surface area contributed by atoms with Gasteiger partial charge in [-0.25, -0.2) is 8.78 Å². The molecule has 0 fully saturated rings. The van der Waals surface area contributed by atoms with Gasteiger partial charge in [-0.15, -0.1) is 0 Å².